The highest BCUT2D eigenvalue weighted by molar-refractivity contribution is 6.07. The Bertz CT molecular complexity index is 1040. The van der Waals surface area contributed by atoms with Gasteiger partial charge in [0.15, 0.2) is 5.82 Å². The fourth-order valence-electron chi connectivity index (χ4n) is 3.66. The lowest BCUT2D eigenvalue weighted by Crippen LogP contribution is -2.24. The Labute approximate surface area is 144 Å². The van der Waals surface area contributed by atoms with Crippen molar-refractivity contribution in [1.29, 1.82) is 0 Å². The molecule has 25 heavy (non-hydrogen) atoms. The number of aromatic amines is 2. The smallest absolute Gasteiger partial charge is 0.152 e. The van der Waals surface area contributed by atoms with Gasteiger partial charge < -0.3 is 16.0 Å². The molecule has 0 radical (unpaired) electrons. The van der Waals surface area contributed by atoms with E-state index in [1.165, 1.54) is 12.8 Å². The van der Waals surface area contributed by atoms with Gasteiger partial charge in [0.1, 0.15) is 11.3 Å². The fraction of sp³-hybridized carbons (Fsp3) is 0.278. The number of anilines is 1. The van der Waals surface area contributed by atoms with Crippen LogP contribution in [0.25, 0.3) is 33.2 Å². The Balaban J connectivity index is 1.62. The third-order valence-electron chi connectivity index (χ3n) is 4.90. The van der Waals surface area contributed by atoms with Gasteiger partial charge in [-0.25, -0.2) is 9.97 Å². The molecular formula is C18H19N7. The molecule has 4 heterocycles. The molecule has 0 spiro atoms. The zero-order valence-electron chi connectivity index (χ0n) is 13.7. The number of hydrogen-bond acceptors (Lipinski definition) is 5. The maximum Gasteiger partial charge on any atom is 0.152 e. The highest BCUT2D eigenvalue weighted by Gasteiger charge is 2.18. The fourth-order valence-corrected chi connectivity index (χ4v) is 3.66. The van der Waals surface area contributed by atoms with Crippen LogP contribution < -0.4 is 11.1 Å². The predicted octanol–water partition coefficient (Wildman–Crippen LogP) is 2.38. The number of nitrogens with one attached hydrogen (secondary N) is 3. The number of aromatic nitrogens is 5. The van der Waals surface area contributed by atoms with E-state index < -0.39 is 0 Å². The van der Waals surface area contributed by atoms with Crippen LogP contribution in [0.15, 0.2) is 30.5 Å². The van der Waals surface area contributed by atoms with Crippen molar-refractivity contribution >= 4 is 27.8 Å². The zero-order chi connectivity index (χ0) is 16.8. The Morgan fingerprint density at radius 2 is 2.16 bits per heavy atom. The van der Waals surface area contributed by atoms with Gasteiger partial charge in [0.2, 0.25) is 0 Å². The number of fused-ring (bicyclic) bond motifs is 3. The van der Waals surface area contributed by atoms with Crippen LogP contribution in [0.4, 0.5) is 5.82 Å². The number of nitrogens with zero attached hydrogens (tertiary/aromatic N) is 3. The lowest BCUT2D eigenvalue weighted by atomic mass is 10.1. The molecule has 4 aromatic rings. The minimum Gasteiger partial charge on any atom is -0.382 e. The van der Waals surface area contributed by atoms with E-state index in [0.717, 1.165) is 52.0 Å². The highest BCUT2D eigenvalue weighted by Crippen LogP contribution is 2.29. The monoisotopic (exact) mass is 333 g/mol. The summed E-state index contributed by atoms with van der Waals surface area (Å²) < 4.78 is 0. The second-order valence-corrected chi connectivity index (χ2v) is 6.59. The minimum absolute atomic E-state index is 0.462. The Hall–Kier alpha value is -2.93. The Kier molecular flexibility index (Phi) is 3.21. The number of nitrogens with two attached hydrogens (primary N) is 1. The van der Waals surface area contributed by atoms with Crippen molar-refractivity contribution in [3.63, 3.8) is 0 Å². The van der Waals surface area contributed by atoms with Crippen molar-refractivity contribution in [3.8, 4) is 11.3 Å². The van der Waals surface area contributed by atoms with E-state index in [-0.39, 0.29) is 0 Å². The van der Waals surface area contributed by atoms with Crippen molar-refractivity contribution < 1.29 is 0 Å². The molecule has 7 heteroatoms. The van der Waals surface area contributed by atoms with Crippen molar-refractivity contribution in [2.45, 2.75) is 25.3 Å². The lowest BCUT2D eigenvalue weighted by molar-refractivity contribution is 0.589. The second kappa shape index (κ2) is 5.56. The number of hydrogen-bond donors (Lipinski definition) is 4. The summed E-state index contributed by atoms with van der Waals surface area (Å²) in [5, 5.41) is 11.6. The van der Waals surface area contributed by atoms with Gasteiger partial charge in [-0.05, 0) is 37.6 Å². The molecule has 0 bridgehead atoms. The van der Waals surface area contributed by atoms with Crippen molar-refractivity contribution in [3.05, 3.63) is 36.3 Å². The molecule has 3 aromatic heterocycles. The van der Waals surface area contributed by atoms with E-state index >= 15 is 0 Å². The van der Waals surface area contributed by atoms with Gasteiger partial charge in [-0.3, -0.25) is 5.10 Å². The van der Waals surface area contributed by atoms with Gasteiger partial charge in [-0.2, -0.15) is 5.10 Å². The number of nitrogen functional groups attached to an aromatic ring is 1. The largest absolute Gasteiger partial charge is 0.382 e. The number of benzene rings is 1. The second-order valence-electron chi connectivity index (χ2n) is 6.59. The summed E-state index contributed by atoms with van der Waals surface area (Å²) in [6.07, 6.45) is 5.12. The van der Waals surface area contributed by atoms with Crippen molar-refractivity contribution in [1.82, 2.24) is 30.5 Å². The average Bonchev–Trinajstić information content (AvgIpc) is 3.36. The number of imidazole rings is 1. The molecule has 0 amide bonds. The molecule has 1 atom stereocenters. The molecule has 0 aliphatic carbocycles. The van der Waals surface area contributed by atoms with Crippen LogP contribution >= 0.6 is 0 Å². The van der Waals surface area contributed by atoms with Gasteiger partial charge in [0.05, 0.1) is 16.7 Å². The SMILES string of the molecule is Nc1nc2cc(-c3cc[nH]n3)ccc2c2[nH]c(C[C@H]3CCCN3)nc12. The summed E-state index contributed by atoms with van der Waals surface area (Å²) in [6.45, 7) is 1.09. The molecule has 126 valence electrons. The van der Waals surface area contributed by atoms with Crippen LogP contribution in [0, 0.1) is 0 Å². The summed E-state index contributed by atoms with van der Waals surface area (Å²) in [5.74, 6) is 1.43. The number of pyridine rings is 1. The van der Waals surface area contributed by atoms with E-state index in [0.29, 0.717) is 11.9 Å². The van der Waals surface area contributed by atoms with Crippen LogP contribution in [-0.4, -0.2) is 37.7 Å². The van der Waals surface area contributed by atoms with Crippen molar-refractivity contribution in [2.24, 2.45) is 0 Å². The first kappa shape index (κ1) is 14.4. The van der Waals surface area contributed by atoms with Gasteiger partial charge in [0.25, 0.3) is 0 Å². The molecule has 7 nitrogen and oxygen atoms in total. The first-order valence-corrected chi connectivity index (χ1v) is 8.59. The molecule has 0 unspecified atom stereocenters. The summed E-state index contributed by atoms with van der Waals surface area (Å²) in [6, 6.07) is 8.55. The van der Waals surface area contributed by atoms with Crippen molar-refractivity contribution in [2.75, 3.05) is 12.3 Å². The summed E-state index contributed by atoms with van der Waals surface area (Å²) in [5.41, 5.74) is 10.6. The first-order valence-electron chi connectivity index (χ1n) is 8.59. The van der Waals surface area contributed by atoms with Crippen LogP contribution in [0.5, 0.6) is 0 Å². The standard InChI is InChI=1S/C18H19N7/c19-18-17-16(23-15(24-17)9-11-2-1-6-20-11)12-4-3-10(8-14(12)22-18)13-5-7-21-25-13/h3-5,7-8,11,20H,1-2,6,9H2,(H2,19,22)(H,21,25)(H,23,24)/t11-/m1/s1. The molecule has 1 aliphatic rings. The molecule has 0 saturated carbocycles. The molecule has 5 N–H and O–H groups in total. The number of rotatable bonds is 3. The topological polar surface area (TPSA) is 108 Å². The maximum atomic E-state index is 6.18. The normalized spacial score (nSPS) is 17.7. The molecule has 5 rings (SSSR count). The molecule has 1 fully saturated rings. The van der Waals surface area contributed by atoms with E-state index in [1.54, 1.807) is 0 Å². The summed E-state index contributed by atoms with van der Waals surface area (Å²) in [7, 11) is 0. The van der Waals surface area contributed by atoms with Gasteiger partial charge >= 0.3 is 0 Å². The molecule has 1 aromatic carbocycles. The van der Waals surface area contributed by atoms with E-state index in [9.17, 15) is 0 Å². The lowest BCUT2D eigenvalue weighted by Gasteiger charge is -2.06. The van der Waals surface area contributed by atoms with E-state index in [2.05, 4.69) is 37.6 Å². The average molecular weight is 333 g/mol. The molecule has 1 saturated heterocycles. The van der Waals surface area contributed by atoms with Gasteiger partial charge in [0, 0.05) is 29.6 Å². The minimum atomic E-state index is 0.462. The predicted molar refractivity (Wildman–Crippen MR) is 98.1 cm³/mol. The third-order valence-corrected chi connectivity index (χ3v) is 4.90. The Morgan fingerprint density at radius 1 is 1.20 bits per heavy atom. The first-order chi connectivity index (χ1) is 12.3. The van der Waals surface area contributed by atoms with E-state index in [1.807, 2.05) is 18.3 Å². The van der Waals surface area contributed by atoms with E-state index in [4.69, 9.17) is 10.7 Å². The van der Waals surface area contributed by atoms with Crippen LogP contribution in [-0.2, 0) is 6.42 Å². The summed E-state index contributed by atoms with van der Waals surface area (Å²) >= 11 is 0. The Morgan fingerprint density at radius 3 is 2.96 bits per heavy atom. The quantitative estimate of drug-likeness (QED) is 0.460. The van der Waals surface area contributed by atoms with Crippen LogP contribution in [0.1, 0.15) is 18.7 Å². The maximum absolute atomic E-state index is 6.18. The highest BCUT2D eigenvalue weighted by atomic mass is 15.1. The zero-order valence-corrected chi connectivity index (χ0v) is 13.7. The van der Waals surface area contributed by atoms with Gasteiger partial charge in [-0.1, -0.05) is 6.07 Å². The molecule has 1 aliphatic heterocycles. The molecular weight excluding hydrogens is 314 g/mol. The third kappa shape index (κ3) is 2.44. The summed E-state index contributed by atoms with van der Waals surface area (Å²) in [4.78, 5) is 12.7. The van der Waals surface area contributed by atoms with Crippen LogP contribution in [0.2, 0.25) is 0 Å². The van der Waals surface area contributed by atoms with Gasteiger partial charge in [-0.15, -0.1) is 0 Å². The van der Waals surface area contributed by atoms with Crippen LogP contribution in [0.3, 0.4) is 0 Å². The number of H-pyrrole nitrogens is 2.